The Hall–Kier alpha value is -1.88. The van der Waals surface area contributed by atoms with Crippen LogP contribution in [0, 0.1) is 13.8 Å². The number of carbonyl (C=O) groups excluding carboxylic acids is 2. The molecule has 1 aliphatic heterocycles. The van der Waals surface area contributed by atoms with Crippen molar-refractivity contribution in [3.05, 3.63) is 29.3 Å². The molecule has 0 unspecified atom stereocenters. The molecule has 0 atom stereocenters. The van der Waals surface area contributed by atoms with Gasteiger partial charge in [-0.3, -0.25) is 9.59 Å². The lowest BCUT2D eigenvalue weighted by atomic mass is 10.1. The average molecular weight is 261 g/mol. The van der Waals surface area contributed by atoms with Crippen molar-refractivity contribution in [3.63, 3.8) is 0 Å². The number of aryl methyl sites for hydroxylation is 1. The van der Waals surface area contributed by atoms with Gasteiger partial charge in [0.05, 0.1) is 0 Å². The highest BCUT2D eigenvalue weighted by Gasteiger charge is 2.23. The fourth-order valence-corrected chi connectivity index (χ4v) is 2.07. The highest BCUT2D eigenvalue weighted by atomic mass is 16.2. The molecule has 5 nitrogen and oxygen atoms in total. The summed E-state index contributed by atoms with van der Waals surface area (Å²) in [6, 6.07) is 5.65. The molecule has 5 heteroatoms. The summed E-state index contributed by atoms with van der Waals surface area (Å²) in [7, 11) is 0. The highest BCUT2D eigenvalue weighted by Crippen LogP contribution is 2.17. The lowest BCUT2D eigenvalue weighted by Gasteiger charge is -2.26. The smallest absolute Gasteiger partial charge is 0.313 e. The lowest BCUT2D eigenvalue weighted by Crippen LogP contribution is -2.49. The summed E-state index contributed by atoms with van der Waals surface area (Å²) in [5.74, 6) is -1.02. The van der Waals surface area contributed by atoms with Crippen molar-refractivity contribution in [2.45, 2.75) is 13.8 Å². The first kappa shape index (κ1) is 13.5. The Morgan fingerprint density at radius 3 is 2.58 bits per heavy atom. The third-order valence-corrected chi connectivity index (χ3v) is 3.45. The summed E-state index contributed by atoms with van der Waals surface area (Å²) < 4.78 is 0. The average Bonchev–Trinajstić information content (AvgIpc) is 2.44. The summed E-state index contributed by atoms with van der Waals surface area (Å²) in [5.41, 5.74) is 2.78. The molecule has 0 bridgehead atoms. The van der Waals surface area contributed by atoms with E-state index < -0.39 is 11.8 Å². The van der Waals surface area contributed by atoms with E-state index in [1.807, 2.05) is 32.0 Å². The second-order valence-corrected chi connectivity index (χ2v) is 4.74. The highest BCUT2D eigenvalue weighted by molar-refractivity contribution is 6.39. The van der Waals surface area contributed by atoms with Crippen LogP contribution in [-0.2, 0) is 9.59 Å². The van der Waals surface area contributed by atoms with Gasteiger partial charge in [-0.1, -0.05) is 12.1 Å². The van der Waals surface area contributed by atoms with E-state index >= 15 is 0 Å². The number of nitrogens with one attached hydrogen (secondary N) is 2. The molecule has 0 spiro atoms. The standard InChI is InChI=1S/C14H19N3O2/c1-10-4-3-5-12(11(10)2)16-13(18)14(19)17-8-6-15-7-9-17/h3-5,15H,6-9H2,1-2H3,(H,16,18). The largest absolute Gasteiger partial charge is 0.332 e. The van der Waals surface area contributed by atoms with E-state index in [1.54, 1.807) is 4.90 Å². The molecule has 1 fully saturated rings. The normalized spacial score (nSPS) is 15.2. The van der Waals surface area contributed by atoms with Crippen LogP contribution in [0.1, 0.15) is 11.1 Å². The lowest BCUT2D eigenvalue weighted by molar-refractivity contribution is -0.143. The first-order valence-electron chi connectivity index (χ1n) is 6.47. The Morgan fingerprint density at radius 1 is 1.21 bits per heavy atom. The molecule has 0 radical (unpaired) electrons. The Balaban J connectivity index is 2.04. The Labute approximate surface area is 113 Å². The molecule has 0 saturated carbocycles. The molecule has 1 saturated heterocycles. The molecular formula is C14H19N3O2. The molecule has 19 heavy (non-hydrogen) atoms. The van der Waals surface area contributed by atoms with Crippen LogP contribution in [-0.4, -0.2) is 42.9 Å². The zero-order chi connectivity index (χ0) is 13.8. The van der Waals surface area contributed by atoms with Crippen LogP contribution in [0.5, 0.6) is 0 Å². The summed E-state index contributed by atoms with van der Waals surface area (Å²) in [4.78, 5) is 25.5. The van der Waals surface area contributed by atoms with Crippen molar-refractivity contribution in [2.24, 2.45) is 0 Å². The van der Waals surface area contributed by atoms with Gasteiger partial charge >= 0.3 is 11.8 Å². The Bertz CT molecular complexity index is 493. The minimum absolute atomic E-state index is 0.456. The van der Waals surface area contributed by atoms with Gasteiger partial charge in [-0.2, -0.15) is 0 Å². The van der Waals surface area contributed by atoms with Gasteiger partial charge in [0.25, 0.3) is 0 Å². The second kappa shape index (κ2) is 5.84. The number of hydrogen-bond acceptors (Lipinski definition) is 3. The molecule has 1 aromatic carbocycles. The minimum Gasteiger partial charge on any atom is -0.332 e. The molecule has 2 amide bonds. The van der Waals surface area contributed by atoms with E-state index in [1.165, 1.54) is 0 Å². The van der Waals surface area contributed by atoms with E-state index in [9.17, 15) is 9.59 Å². The predicted octanol–water partition coefficient (Wildman–Crippen LogP) is 0.674. The summed E-state index contributed by atoms with van der Waals surface area (Å²) in [6.07, 6.45) is 0. The number of carbonyl (C=O) groups is 2. The van der Waals surface area contributed by atoms with E-state index in [2.05, 4.69) is 10.6 Å². The van der Waals surface area contributed by atoms with Crippen molar-refractivity contribution >= 4 is 17.5 Å². The van der Waals surface area contributed by atoms with Crippen LogP contribution in [0.3, 0.4) is 0 Å². The topological polar surface area (TPSA) is 61.4 Å². The van der Waals surface area contributed by atoms with E-state index in [4.69, 9.17) is 0 Å². The van der Waals surface area contributed by atoms with Gasteiger partial charge < -0.3 is 15.5 Å². The Morgan fingerprint density at radius 2 is 1.89 bits per heavy atom. The first-order valence-corrected chi connectivity index (χ1v) is 6.47. The van der Waals surface area contributed by atoms with Crippen LogP contribution < -0.4 is 10.6 Å². The molecule has 2 N–H and O–H groups in total. The number of hydrogen-bond donors (Lipinski definition) is 2. The maximum absolute atomic E-state index is 12.0. The molecule has 1 aromatic rings. The monoisotopic (exact) mass is 261 g/mol. The van der Waals surface area contributed by atoms with Gasteiger partial charge in [0, 0.05) is 31.9 Å². The number of piperazine rings is 1. The molecule has 102 valence electrons. The van der Waals surface area contributed by atoms with E-state index in [-0.39, 0.29) is 0 Å². The first-order chi connectivity index (χ1) is 9.09. The zero-order valence-electron chi connectivity index (χ0n) is 11.3. The molecular weight excluding hydrogens is 242 g/mol. The fourth-order valence-electron chi connectivity index (χ4n) is 2.07. The summed E-state index contributed by atoms with van der Waals surface area (Å²) >= 11 is 0. The SMILES string of the molecule is Cc1cccc(NC(=O)C(=O)N2CCNCC2)c1C. The van der Waals surface area contributed by atoms with E-state index in [0.717, 1.165) is 24.2 Å². The predicted molar refractivity (Wildman–Crippen MR) is 74.0 cm³/mol. The van der Waals surface area contributed by atoms with Crippen LogP contribution in [0.2, 0.25) is 0 Å². The molecule has 0 aromatic heterocycles. The van der Waals surface area contributed by atoms with E-state index in [0.29, 0.717) is 18.8 Å². The maximum Gasteiger partial charge on any atom is 0.313 e. The van der Waals surface area contributed by atoms with Gasteiger partial charge in [-0.25, -0.2) is 0 Å². The molecule has 1 aliphatic rings. The summed E-state index contributed by atoms with van der Waals surface area (Å²) in [5, 5.41) is 5.85. The number of amides is 2. The minimum atomic E-state index is -0.560. The van der Waals surface area contributed by atoms with Gasteiger partial charge in [0.1, 0.15) is 0 Å². The van der Waals surface area contributed by atoms with Gasteiger partial charge in [-0.05, 0) is 31.0 Å². The van der Waals surface area contributed by atoms with Crippen molar-refractivity contribution < 1.29 is 9.59 Å². The summed E-state index contributed by atoms with van der Waals surface area (Å²) in [6.45, 7) is 6.55. The molecule has 2 rings (SSSR count). The number of benzene rings is 1. The second-order valence-electron chi connectivity index (χ2n) is 4.74. The third-order valence-electron chi connectivity index (χ3n) is 3.45. The van der Waals surface area contributed by atoms with Crippen molar-refractivity contribution in [1.29, 1.82) is 0 Å². The van der Waals surface area contributed by atoms with Gasteiger partial charge in [0.15, 0.2) is 0 Å². The van der Waals surface area contributed by atoms with Crippen LogP contribution in [0.25, 0.3) is 0 Å². The fraction of sp³-hybridized carbons (Fsp3) is 0.429. The van der Waals surface area contributed by atoms with Crippen LogP contribution in [0.4, 0.5) is 5.69 Å². The van der Waals surface area contributed by atoms with Crippen molar-refractivity contribution in [3.8, 4) is 0 Å². The number of anilines is 1. The third kappa shape index (κ3) is 3.12. The zero-order valence-corrected chi connectivity index (χ0v) is 11.3. The molecule has 1 heterocycles. The van der Waals surface area contributed by atoms with Crippen molar-refractivity contribution in [2.75, 3.05) is 31.5 Å². The Kier molecular flexibility index (Phi) is 4.16. The number of nitrogens with zero attached hydrogens (tertiary/aromatic N) is 1. The van der Waals surface area contributed by atoms with Crippen molar-refractivity contribution in [1.82, 2.24) is 10.2 Å². The maximum atomic E-state index is 12.0. The quantitative estimate of drug-likeness (QED) is 0.731. The van der Waals surface area contributed by atoms with Crippen LogP contribution in [0.15, 0.2) is 18.2 Å². The number of rotatable bonds is 1. The van der Waals surface area contributed by atoms with Gasteiger partial charge in [-0.15, -0.1) is 0 Å². The van der Waals surface area contributed by atoms with Crippen LogP contribution >= 0.6 is 0 Å². The van der Waals surface area contributed by atoms with Gasteiger partial charge in [0.2, 0.25) is 0 Å². The molecule has 0 aliphatic carbocycles.